The van der Waals surface area contributed by atoms with Crippen LogP contribution in [0.4, 0.5) is 0 Å². The Kier molecular flexibility index (Phi) is 1.92. The van der Waals surface area contributed by atoms with E-state index < -0.39 is 0 Å². The Morgan fingerprint density at radius 1 is 1.23 bits per heavy atom. The molecule has 64 valence electrons. The average molecular weight is 171 g/mol. The van der Waals surface area contributed by atoms with Crippen molar-refractivity contribution in [2.75, 3.05) is 0 Å². The average Bonchev–Trinajstić information content (AvgIpc) is 2.67. The van der Waals surface area contributed by atoms with Gasteiger partial charge in [0.05, 0.1) is 17.6 Å². The maximum absolute atomic E-state index is 3.95. The molecule has 2 rings (SSSR count). The van der Waals surface area contributed by atoms with Crippen LogP contribution in [-0.4, -0.2) is 15.0 Å². The molecular formula is C10H9N3. The Morgan fingerprint density at radius 2 is 2.00 bits per heavy atom. The van der Waals surface area contributed by atoms with Crippen LogP contribution in [0.15, 0.2) is 43.1 Å². The summed E-state index contributed by atoms with van der Waals surface area (Å²) in [6.07, 6.45) is 3.41. The van der Waals surface area contributed by atoms with Gasteiger partial charge in [-0.1, -0.05) is 30.0 Å². The van der Waals surface area contributed by atoms with Crippen LogP contribution in [-0.2, 0) is 0 Å². The fraction of sp³-hybridized carbons (Fsp3) is 0. The molecular weight excluding hydrogens is 162 g/mol. The highest BCUT2D eigenvalue weighted by molar-refractivity contribution is 5.45. The van der Waals surface area contributed by atoms with Crippen molar-refractivity contribution in [3.63, 3.8) is 0 Å². The zero-order valence-electron chi connectivity index (χ0n) is 7.09. The van der Waals surface area contributed by atoms with Crippen molar-refractivity contribution in [2.24, 2.45) is 0 Å². The second-order valence-electron chi connectivity index (χ2n) is 2.61. The van der Waals surface area contributed by atoms with Crippen molar-refractivity contribution >= 4 is 6.08 Å². The van der Waals surface area contributed by atoms with Gasteiger partial charge >= 0.3 is 0 Å². The molecule has 0 aliphatic rings. The van der Waals surface area contributed by atoms with Crippen LogP contribution in [0, 0.1) is 0 Å². The van der Waals surface area contributed by atoms with Crippen molar-refractivity contribution in [2.45, 2.75) is 0 Å². The van der Waals surface area contributed by atoms with E-state index in [-0.39, 0.29) is 0 Å². The van der Waals surface area contributed by atoms with Gasteiger partial charge in [0.2, 0.25) is 0 Å². The van der Waals surface area contributed by atoms with Gasteiger partial charge in [0.25, 0.3) is 0 Å². The number of para-hydroxylation sites is 1. The van der Waals surface area contributed by atoms with Crippen LogP contribution in [0.3, 0.4) is 0 Å². The van der Waals surface area contributed by atoms with Gasteiger partial charge in [0.15, 0.2) is 0 Å². The molecule has 0 atom stereocenters. The molecule has 0 spiro atoms. The third-order valence-electron chi connectivity index (χ3n) is 1.79. The summed E-state index contributed by atoms with van der Waals surface area (Å²) in [5.41, 5.74) is 1.89. The summed E-state index contributed by atoms with van der Waals surface area (Å²) >= 11 is 0. The number of aromatic nitrogens is 3. The molecule has 0 unspecified atom stereocenters. The molecule has 1 aromatic carbocycles. The van der Waals surface area contributed by atoms with E-state index in [0.29, 0.717) is 0 Å². The van der Waals surface area contributed by atoms with E-state index in [1.54, 1.807) is 17.0 Å². The van der Waals surface area contributed by atoms with Crippen molar-refractivity contribution in [1.82, 2.24) is 15.0 Å². The smallest absolute Gasteiger partial charge is 0.0866 e. The maximum Gasteiger partial charge on any atom is 0.0866 e. The van der Waals surface area contributed by atoms with E-state index in [9.17, 15) is 0 Å². The SMILES string of the molecule is C=Cc1cnnn1-c1ccccc1. The van der Waals surface area contributed by atoms with E-state index in [4.69, 9.17) is 0 Å². The van der Waals surface area contributed by atoms with Gasteiger partial charge in [-0.05, 0) is 18.2 Å². The molecule has 3 nitrogen and oxygen atoms in total. The second-order valence-corrected chi connectivity index (χ2v) is 2.61. The van der Waals surface area contributed by atoms with Gasteiger partial charge in [0, 0.05) is 0 Å². The van der Waals surface area contributed by atoms with Crippen LogP contribution >= 0.6 is 0 Å². The molecule has 0 saturated heterocycles. The first-order valence-corrected chi connectivity index (χ1v) is 4.00. The van der Waals surface area contributed by atoms with Crippen LogP contribution in [0.1, 0.15) is 5.69 Å². The zero-order chi connectivity index (χ0) is 9.10. The maximum atomic E-state index is 3.95. The molecule has 1 aromatic heterocycles. The number of benzene rings is 1. The lowest BCUT2D eigenvalue weighted by Crippen LogP contribution is -1.97. The van der Waals surface area contributed by atoms with Gasteiger partial charge in [-0.15, -0.1) is 5.10 Å². The largest absolute Gasteiger partial charge is 0.214 e. The molecule has 3 heteroatoms. The highest BCUT2D eigenvalue weighted by Crippen LogP contribution is 2.08. The summed E-state index contributed by atoms with van der Waals surface area (Å²) in [6.45, 7) is 3.69. The van der Waals surface area contributed by atoms with Gasteiger partial charge in [-0.2, -0.15) is 0 Å². The van der Waals surface area contributed by atoms with Crippen molar-refractivity contribution in [3.05, 3.63) is 48.8 Å². The molecule has 0 aliphatic heterocycles. The Balaban J connectivity index is 2.52. The van der Waals surface area contributed by atoms with Gasteiger partial charge in [0.1, 0.15) is 0 Å². The first-order chi connectivity index (χ1) is 6.42. The molecule has 0 N–H and O–H groups in total. The predicted octanol–water partition coefficient (Wildman–Crippen LogP) is 1.91. The molecule has 0 aliphatic carbocycles. The van der Waals surface area contributed by atoms with Crippen LogP contribution in [0.2, 0.25) is 0 Å². The summed E-state index contributed by atoms with van der Waals surface area (Å²) in [7, 11) is 0. The summed E-state index contributed by atoms with van der Waals surface area (Å²) in [5.74, 6) is 0. The molecule has 0 radical (unpaired) electrons. The summed E-state index contributed by atoms with van der Waals surface area (Å²) in [5, 5.41) is 7.76. The highest BCUT2D eigenvalue weighted by atomic mass is 15.4. The lowest BCUT2D eigenvalue weighted by Gasteiger charge is -2.00. The molecule has 13 heavy (non-hydrogen) atoms. The molecule has 0 bridgehead atoms. The first kappa shape index (κ1) is 7.73. The minimum atomic E-state index is 0.895. The van der Waals surface area contributed by atoms with Gasteiger partial charge < -0.3 is 0 Å². The molecule has 0 fully saturated rings. The number of nitrogens with zero attached hydrogens (tertiary/aromatic N) is 3. The van der Waals surface area contributed by atoms with E-state index >= 15 is 0 Å². The third kappa shape index (κ3) is 1.36. The molecule has 1 heterocycles. The van der Waals surface area contributed by atoms with Crippen LogP contribution in [0.5, 0.6) is 0 Å². The Labute approximate surface area is 76.3 Å². The lowest BCUT2D eigenvalue weighted by atomic mass is 10.3. The van der Waals surface area contributed by atoms with E-state index in [0.717, 1.165) is 11.4 Å². The minimum Gasteiger partial charge on any atom is -0.214 e. The molecule has 0 saturated carbocycles. The van der Waals surface area contributed by atoms with E-state index in [1.807, 2.05) is 30.3 Å². The normalized spacial score (nSPS) is 9.85. The Morgan fingerprint density at radius 3 is 2.69 bits per heavy atom. The Hall–Kier alpha value is -1.90. The Bertz CT molecular complexity index is 403. The topological polar surface area (TPSA) is 30.7 Å². The van der Waals surface area contributed by atoms with Crippen LogP contribution < -0.4 is 0 Å². The van der Waals surface area contributed by atoms with Crippen molar-refractivity contribution < 1.29 is 0 Å². The highest BCUT2D eigenvalue weighted by Gasteiger charge is 2.00. The van der Waals surface area contributed by atoms with Crippen molar-refractivity contribution in [3.8, 4) is 5.69 Å². The number of rotatable bonds is 2. The third-order valence-corrected chi connectivity index (χ3v) is 1.79. The van der Waals surface area contributed by atoms with Crippen molar-refractivity contribution in [1.29, 1.82) is 0 Å². The summed E-state index contributed by atoms with van der Waals surface area (Å²) in [4.78, 5) is 0. The van der Waals surface area contributed by atoms with Gasteiger partial charge in [-0.3, -0.25) is 0 Å². The lowest BCUT2D eigenvalue weighted by molar-refractivity contribution is 0.798. The predicted molar refractivity (Wildman–Crippen MR) is 51.5 cm³/mol. The number of hydrogen-bond acceptors (Lipinski definition) is 2. The van der Waals surface area contributed by atoms with E-state index in [1.165, 1.54) is 0 Å². The monoisotopic (exact) mass is 171 g/mol. The summed E-state index contributed by atoms with van der Waals surface area (Å²) in [6, 6.07) is 9.84. The second kappa shape index (κ2) is 3.23. The standard InChI is InChI=1S/C10H9N3/c1-2-9-8-11-12-13(9)10-6-4-3-5-7-10/h2-8H,1H2. The van der Waals surface area contributed by atoms with E-state index in [2.05, 4.69) is 16.9 Å². The molecule has 2 aromatic rings. The fourth-order valence-corrected chi connectivity index (χ4v) is 1.15. The minimum absolute atomic E-state index is 0.895. The first-order valence-electron chi connectivity index (χ1n) is 4.00. The summed E-state index contributed by atoms with van der Waals surface area (Å²) < 4.78 is 1.74. The quantitative estimate of drug-likeness (QED) is 0.691. The fourth-order valence-electron chi connectivity index (χ4n) is 1.15. The van der Waals surface area contributed by atoms with Gasteiger partial charge in [-0.25, -0.2) is 4.68 Å². The molecule has 0 amide bonds. The number of hydrogen-bond donors (Lipinski definition) is 0. The zero-order valence-corrected chi connectivity index (χ0v) is 7.09. The van der Waals surface area contributed by atoms with Crippen LogP contribution in [0.25, 0.3) is 11.8 Å².